The highest BCUT2D eigenvalue weighted by Crippen LogP contribution is 2.26. The van der Waals surface area contributed by atoms with Crippen molar-refractivity contribution >= 4 is 11.9 Å². The first-order chi connectivity index (χ1) is 12.1. The van der Waals surface area contributed by atoms with Gasteiger partial charge in [0.25, 0.3) is 0 Å². The van der Waals surface area contributed by atoms with Crippen molar-refractivity contribution in [3.8, 4) is 0 Å². The normalized spacial score (nSPS) is 20.0. The number of carboxylic acid groups (broad SMARTS) is 1. The van der Waals surface area contributed by atoms with Gasteiger partial charge in [-0.25, -0.2) is 0 Å². The quantitative estimate of drug-likeness (QED) is 0.324. The minimum Gasteiger partial charge on any atom is -0.481 e. The number of rotatable bonds is 16. The van der Waals surface area contributed by atoms with E-state index in [-0.39, 0.29) is 19.2 Å². The van der Waals surface area contributed by atoms with E-state index in [0.717, 1.165) is 32.1 Å². The van der Waals surface area contributed by atoms with E-state index in [9.17, 15) is 14.7 Å². The molecule has 0 aromatic heterocycles. The zero-order valence-electron chi connectivity index (χ0n) is 15.3. The summed E-state index contributed by atoms with van der Waals surface area (Å²) >= 11 is 0. The molecule has 1 atom stereocenters. The molecule has 0 spiro atoms. The van der Waals surface area contributed by atoms with Gasteiger partial charge in [0.1, 0.15) is 0 Å². The summed E-state index contributed by atoms with van der Waals surface area (Å²) in [7, 11) is 0. The highest BCUT2D eigenvalue weighted by Gasteiger charge is 2.40. The predicted molar refractivity (Wildman–Crippen MR) is 94.4 cm³/mol. The molecule has 0 radical (unpaired) electrons. The number of aliphatic hydroxyl groups excluding tert-OH is 1. The summed E-state index contributed by atoms with van der Waals surface area (Å²) < 4.78 is 10.8. The third kappa shape index (κ3) is 10.4. The van der Waals surface area contributed by atoms with E-state index >= 15 is 0 Å². The van der Waals surface area contributed by atoms with Crippen molar-refractivity contribution in [3.05, 3.63) is 0 Å². The molecule has 0 amide bonds. The Labute approximate surface area is 150 Å². The van der Waals surface area contributed by atoms with E-state index in [2.05, 4.69) is 0 Å². The Morgan fingerprint density at radius 1 is 1.00 bits per heavy atom. The second-order valence-electron chi connectivity index (χ2n) is 7.05. The lowest BCUT2D eigenvalue weighted by molar-refractivity contribution is -0.158. The van der Waals surface area contributed by atoms with Gasteiger partial charge in [-0.3, -0.25) is 9.59 Å². The molecule has 2 N–H and O–H groups in total. The predicted octanol–water partition coefficient (Wildman–Crippen LogP) is 3.45. The van der Waals surface area contributed by atoms with Crippen LogP contribution in [0.25, 0.3) is 0 Å². The fraction of sp³-hybridized carbons (Fsp3) is 0.895. The van der Waals surface area contributed by atoms with E-state index in [4.69, 9.17) is 14.6 Å². The third-order valence-corrected chi connectivity index (χ3v) is 4.70. The van der Waals surface area contributed by atoms with E-state index in [0.29, 0.717) is 25.9 Å². The molecule has 146 valence electrons. The van der Waals surface area contributed by atoms with Gasteiger partial charge in [0, 0.05) is 25.9 Å². The molecule has 1 fully saturated rings. The molecule has 0 aromatic carbocycles. The van der Waals surface area contributed by atoms with Crippen molar-refractivity contribution in [2.24, 2.45) is 0 Å². The lowest BCUT2D eigenvalue weighted by Crippen LogP contribution is -2.38. The summed E-state index contributed by atoms with van der Waals surface area (Å²) in [6, 6.07) is 0. The van der Waals surface area contributed by atoms with E-state index in [1.54, 1.807) is 0 Å². The van der Waals surface area contributed by atoms with Crippen molar-refractivity contribution in [2.45, 2.75) is 89.1 Å². The second-order valence-corrected chi connectivity index (χ2v) is 7.05. The molecule has 25 heavy (non-hydrogen) atoms. The molecule has 0 aliphatic carbocycles. The Morgan fingerprint density at radius 3 is 2.04 bits per heavy atom. The maximum absolute atomic E-state index is 11.2. The Hall–Kier alpha value is -1.14. The number of hydrogen-bond acceptors (Lipinski definition) is 5. The van der Waals surface area contributed by atoms with Crippen LogP contribution in [0.1, 0.15) is 83.5 Å². The zero-order chi connectivity index (χ0) is 18.4. The Morgan fingerprint density at radius 2 is 1.56 bits per heavy atom. The fourth-order valence-corrected chi connectivity index (χ4v) is 3.08. The number of ether oxygens (including phenoxy) is 2. The molecular weight excluding hydrogens is 324 g/mol. The van der Waals surface area contributed by atoms with Crippen molar-refractivity contribution in [1.82, 2.24) is 0 Å². The smallest absolute Gasteiger partial charge is 0.306 e. The molecule has 1 aliphatic rings. The largest absolute Gasteiger partial charge is 0.481 e. The Balaban J connectivity index is 1.82. The number of carboxylic acids is 1. The highest BCUT2D eigenvalue weighted by molar-refractivity contribution is 5.72. The Kier molecular flexibility index (Phi) is 11.5. The summed E-state index contributed by atoms with van der Waals surface area (Å²) in [4.78, 5) is 21.5. The SMILES string of the molecule is O=C(O)CCCCCCCCCCCCOCC1(CO)CCC(=O)O1. The molecule has 6 heteroatoms. The third-order valence-electron chi connectivity index (χ3n) is 4.70. The first-order valence-electron chi connectivity index (χ1n) is 9.70. The van der Waals surface area contributed by atoms with Crippen molar-refractivity contribution in [1.29, 1.82) is 0 Å². The van der Waals surface area contributed by atoms with Crippen LogP contribution in [-0.2, 0) is 19.1 Å². The van der Waals surface area contributed by atoms with Crippen LogP contribution < -0.4 is 0 Å². The van der Waals surface area contributed by atoms with Crippen LogP contribution in [0.15, 0.2) is 0 Å². The molecule has 0 aromatic rings. The van der Waals surface area contributed by atoms with Crippen molar-refractivity contribution in [3.63, 3.8) is 0 Å². The average Bonchev–Trinajstić information content (AvgIpc) is 2.96. The lowest BCUT2D eigenvalue weighted by atomic mass is 10.0. The van der Waals surface area contributed by atoms with Gasteiger partial charge >= 0.3 is 11.9 Å². The minimum absolute atomic E-state index is 0.172. The van der Waals surface area contributed by atoms with E-state index < -0.39 is 11.6 Å². The molecule has 1 aliphatic heterocycles. The van der Waals surface area contributed by atoms with Gasteiger partial charge in [-0.05, 0) is 12.8 Å². The zero-order valence-corrected chi connectivity index (χ0v) is 15.3. The molecular formula is C19H34O6. The summed E-state index contributed by atoms with van der Waals surface area (Å²) in [5.74, 6) is -0.945. The summed E-state index contributed by atoms with van der Waals surface area (Å²) in [5, 5.41) is 17.9. The van der Waals surface area contributed by atoms with Crippen LogP contribution in [0.4, 0.5) is 0 Å². The minimum atomic E-state index is -0.804. The van der Waals surface area contributed by atoms with Gasteiger partial charge in [0.2, 0.25) is 0 Å². The van der Waals surface area contributed by atoms with Crippen LogP contribution in [0.3, 0.4) is 0 Å². The first-order valence-corrected chi connectivity index (χ1v) is 9.70. The summed E-state index contributed by atoms with van der Waals surface area (Å²) in [5.41, 5.74) is -0.804. The molecule has 0 saturated carbocycles. The number of aliphatic carboxylic acids is 1. The van der Waals surface area contributed by atoms with Crippen LogP contribution in [0.2, 0.25) is 0 Å². The van der Waals surface area contributed by atoms with Gasteiger partial charge in [-0.15, -0.1) is 0 Å². The summed E-state index contributed by atoms with van der Waals surface area (Å²) in [6.45, 7) is 0.759. The van der Waals surface area contributed by atoms with Gasteiger partial charge in [-0.2, -0.15) is 0 Å². The monoisotopic (exact) mass is 358 g/mol. The molecule has 0 bridgehead atoms. The summed E-state index contributed by atoms with van der Waals surface area (Å²) in [6.07, 6.45) is 12.4. The standard InChI is InChI=1S/C19H34O6/c20-15-19(13-12-18(23)25-19)16-24-14-10-8-6-4-2-1-3-5-7-9-11-17(21)22/h20H,1-16H2,(H,21,22). The van der Waals surface area contributed by atoms with E-state index in [1.807, 2.05) is 0 Å². The number of esters is 1. The van der Waals surface area contributed by atoms with Gasteiger partial charge in [0.15, 0.2) is 5.60 Å². The molecule has 1 rings (SSSR count). The Bertz CT molecular complexity index is 384. The highest BCUT2D eigenvalue weighted by atomic mass is 16.6. The average molecular weight is 358 g/mol. The maximum Gasteiger partial charge on any atom is 0.306 e. The van der Waals surface area contributed by atoms with E-state index in [1.165, 1.54) is 32.1 Å². The topological polar surface area (TPSA) is 93.1 Å². The second kappa shape index (κ2) is 13.1. The number of aliphatic hydroxyl groups is 1. The molecule has 1 unspecified atom stereocenters. The molecule has 1 saturated heterocycles. The maximum atomic E-state index is 11.2. The molecule has 1 heterocycles. The van der Waals surface area contributed by atoms with Crippen molar-refractivity contribution in [2.75, 3.05) is 19.8 Å². The van der Waals surface area contributed by atoms with Crippen LogP contribution in [0.5, 0.6) is 0 Å². The number of cyclic esters (lactones) is 1. The van der Waals surface area contributed by atoms with Crippen molar-refractivity contribution < 1.29 is 29.3 Å². The fourth-order valence-electron chi connectivity index (χ4n) is 3.08. The van der Waals surface area contributed by atoms with Gasteiger partial charge in [-0.1, -0.05) is 51.4 Å². The molecule has 6 nitrogen and oxygen atoms in total. The first kappa shape index (κ1) is 21.9. The number of hydrogen-bond donors (Lipinski definition) is 2. The lowest BCUT2D eigenvalue weighted by Gasteiger charge is -2.24. The number of carbonyl (C=O) groups is 2. The number of carbonyl (C=O) groups excluding carboxylic acids is 1. The van der Waals surface area contributed by atoms with Crippen LogP contribution in [0, 0.1) is 0 Å². The number of unbranched alkanes of at least 4 members (excludes halogenated alkanes) is 9. The van der Waals surface area contributed by atoms with Gasteiger partial charge in [0.05, 0.1) is 13.2 Å². The van der Waals surface area contributed by atoms with Crippen LogP contribution >= 0.6 is 0 Å². The van der Waals surface area contributed by atoms with Crippen LogP contribution in [-0.4, -0.2) is 47.6 Å². The van der Waals surface area contributed by atoms with Gasteiger partial charge < -0.3 is 19.7 Å².